The van der Waals surface area contributed by atoms with Gasteiger partial charge in [-0.25, -0.2) is 0 Å². The zero-order valence-corrected chi connectivity index (χ0v) is 10.5. The number of carbonyl (C=O) groups is 1. The van der Waals surface area contributed by atoms with Gasteiger partial charge in [0.2, 0.25) is 5.91 Å². The highest BCUT2D eigenvalue weighted by atomic mass is 16.5. The maximum Gasteiger partial charge on any atom is 0.250 e. The van der Waals surface area contributed by atoms with Crippen LogP contribution in [0, 0.1) is 5.92 Å². The second kappa shape index (κ2) is 4.12. The second-order valence-corrected chi connectivity index (χ2v) is 5.09. The van der Waals surface area contributed by atoms with Crippen molar-refractivity contribution in [2.75, 3.05) is 6.61 Å². The molecule has 1 aromatic rings. The first-order valence-electron chi connectivity index (χ1n) is 6.27. The standard InChI is InChI=1S/C14H16N2O2/c1-8(2)12-14(17)16-13(15-12)10-7-18-11-6-4-3-5-9(10)11/h3-6,8,10,12H,7H2,1-2H3,(H,15,16,17). The molecule has 2 aliphatic rings. The molecule has 3 rings (SSSR count). The highest BCUT2D eigenvalue weighted by Gasteiger charge is 2.36. The Kier molecular flexibility index (Phi) is 2.58. The highest BCUT2D eigenvalue weighted by molar-refractivity contribution is 6.09. The number of nitrogens with zero attached hydrogens (tertiary/aromatic N) is 1. The van der Waals surface area contributed by atoms with E-state index in [1.807, 2.05) is 38.1 Å². The summed E-state index contributed by atoms with van der Waals surface area (Å²) in [6.45, 7) is 4.58. The van der Waals surface area contributed by atoms with E-state index in [2.05, 4.69) is 10.3 Å². The number of aliphatic imine (C=N–C) groups is 1. The number of nitrogens with one attached hydrogen (secondary N) is 1. The summed E-state index contributed by atoms with van der Waals surface area (Å²) in [5, 5.41) is 2.90. The molecule has 2 heterocycles. The zero-order chi connectivity index (χ0) is 12.7. The molecule has 0 radical (unpaired) electrons. The lowest BCUT2D eigenvalue weighted by Gasteiger charge is -2.07. The lowest BCUT2D eigenvalue weighted by atomic mass is 10.0. The van der Waals surface area contributed by atoms with Crippen LogP contribution in [0.2, 0.25) is 0 Å². The predicted molar refractivity (Wildman–Crippen MR) is 68.9 cm³/mol. The van der Waals surface area contributed by atoms with Gasteiger partial charge in [-0.1, -0.05) is 32.0 Å². The van der Waals surface area contributed by atoms with Crippen LogP contribution in [-0.2, 0) is 4.79 Å². The van der Waals surface area contributed by atoms with E-state index in [1.165, 1.54) is 0 Å². The number of para-hydroxylation sites is 1. The first-order chi connectivity index (χ1) is 8.66. The Labute approximate surface area is 106 Å². The topological polar surface area (TPSA) is 50.7 Å². The number of carbonyl (C=O) groups excluding carboxylic acids is 1. The minimum atomic E-state index is -0.257. The number of ether oxygens (including phenoxy) is 1. The van der Waals surface area contributed by atoms with Crippen LogP contribution in [0.25, 0.3) is 0 Å². The molecule has 0 saturated carbocycles. The van der Waals surface area contributed by atoms with Gasteiger partial charge in [0.25, 0.3) is 0 Å². The molecular weight excluding hydrogens is 228 g/mol. The van der Waals surface area contributed by atoms with Gasteiger partial charge in [-0.15, -0.1) is 0 Å². The molecule has 2 unspecified atom stereocenters. The SMILES string of the molecule is CC(C)C1N=C(C2COc3ccccc32)NC1=O. The van der Waals surface area contributed by atoms with Crippen LogP contribution in [0.4, 0.5) is 0 Å². The average Bonchev–Trinajstić information content (AvgIpc) is 2.92. The van der Waals surface area contributed by atoms with Crippen molar-refractivity contribution < 1.29 is 9.53 Å². The summed E-state index contributed by atoms with van der Waals surface area (Å²) in [6.07, 6.45) is 0. The lowest BCUT2D eigenvalue weighted by Crippen LogP contribution is -2.33. The molecule has 4 nitrogen and oxygen atoms in total. The third-order valence-corrected chi connectivity index (χ3v) is 3.46. The van der Waals surface area contributed by atoms with Crippen molar-refractivity contribution in [1.82, 2.24) is 5.32 Å². The summed E-state index contributed by atoms with van der Waals surface area (Å²) >= 11 is 0. The Bertz CT molecular complexity index is 522. The molecule has 4 heteroatoms. The fourth-order valence-corrected chi connectivity index (χ4v) is 2.46. The van der Waals surface area contributed by atoms with Gasteiger partial charge in [-0.05, 0) is 12.0 Å². The van der Waals surface area contributed by atoms with Gasteiger partial charge in [0, 0.05) is 5.56 Å². The van der Waals surface area contributed by atoms with Crippen LogP contribution in [0.1, 0.15) is 25.3 Å². The summed E-state index contributed by atoms with van der Waals surface area (Å²) in [5.74, 6) is 1.94. The average molecular weight is 244 g/mol. The Hall–Kier alpha value is -1.84. The van der Waals surface area contributed by atoms with E-state index < -0.39 is 0 Å². The van der Waals surface area contributed by atoms with Crippen molar-refractivity contribution in [3.63, 3.8) is 0 Å². The van der Waals surface area contributed by atoms with E-state index in [9.17, 15) is 4.79 Å². The molecule has 18 heavy (non-hydrogen) atoms. The second-order valence-electron chi connectivity index (χ2n) is 5.09. The molecule has 1 aromatic carbocycles. The third kappa shape index (κ3) is 1.68. The zero-order valence-electron chi connectivity index (χ0n) is 10.5. The van der Waals surface area contributed by atoms with E-state index in [0.29, 0.717) is 6.61 Å². The molecule has 1 amide bonds. The number of hydrogen-bond donors (Lipinski definition) is 1. The molecule has 0 spiro atoms. The number of fused-ring (bicyclic) bond motifs is 1. The normalized spacial score (nSPS) is 25.7. The first-order valence-corrected chi connectivity index (χ1v) is 6.27. The van der Waals surface area contributed by atoms with Crippen LogP contribution in [0.15, 0.2) is 29.3 Å². The first kappa shape index (κ1) is 11.3. The van der Waals surface area contributed by atoms with Crippen molar-refractivity contribution in [1.29, 1.82) is 0 Å². The molecule has 2 aliphatic heterocycles. The fourth-order valence-electron chi connectivity index (χ4n) is 2.46. The maximum atomic E-state index is 11.8. The van der Waals surface area contributed by atoms with Crippen molar-refractivity contribution in [2.45, 2.75) is 25.8 Å². The van der Waals surface area contributed by atoms with Crippen molar-refractivity contribution >= 4 is 11.7 Å². The number of amidine groups is 1. The van der Waals surface area contributed by atoms with Crippen LogP contribution < -0.4 is 10.1 Å². The number of amides is 1. The van der Waals surface area contributed by atoms with Gasteiger partial charge in [0.1, 0.15) is 24.2 Å². The van der Waals surface area contributed by atoms with Gasteiger partial charge in [0.05, 0.1) is 5.92 Å². The predicted octanol–water partition coefficient (Wildman–Crippen LogP) is 1.72. The van der Waals surface area contributed by atoms with Crippen LogP contribution in [0.3, 0.4) is 0 Å². The summed E-state index contributed by atoms with van der Waals surface area (Å²) < 4.78 is 5.62. The number of rotatable bonds is 2. The van der Waals surface area contributed by atoms with E-state index in [4.69, 9.17) is 4.74 Å². The fraction of sp³-hybridized carbons (Fsp3) is 0.429. The van der Waals surface area contributed by atoms with Crippen molar-refractivity contribution in [3.05, 3.63) is 29.8 Å². The van der Waals surface area contributed by atoms with Crippen molar-refractivity contribution in [2.24, 2.45) is 10.9 Å². The van der Waals surface area contributed by atoms with Crippen molar-refractivity contribution in [3.8, 4) is 5.75 Å². The Morgan fingerprint density at radius 2 is 2.17 bits per heavy atom. The Balaban J connectivity index is 1.90. The molecule has 1 N–H and O–H groups in total. The van der Waals surface area contributed by atoms with Gasteiger partial charge in [-0.2, -0.15) is 0 Å². The third-order valence-electron chi connectivity index (χ3n) is 3.46. The molecular formula is C14H16N2O2. The molecule has 0 aromatic heterocycles. The number of benzene rings is 1. The molecule has 2 atom stereocenters. The smallest absolute Gasteiger partial charge is 0.250 e. The molecule has 0 fully saturated rings. The van der Waals surface area contributed by atoms with E-state index in [-0.39, 0.29) is 23.8 Å². The van der Waals surface area contributed by atoms with E-state index >= 15 is 0 Å². The largest absolute Gasteiger partial charge is 0.492 e. The molecule has 94 valence electrons. The molecule has 0 bridgehead atoms. The number of hydrogen-bond acceptors (Lipinski definition) is 3. The van der Waals surface area contributed by atoms with E-state index in [0.717, 1.165) is 17.1 Å². The van der Waals surface area contributed by atoms with Gasteiger partial charge < -0.3 is 10.1 Å². The monoisotopic (exact) mass is 244 g/mol. The quantitative estimate of drug-likeness (QED) is 0.861. The minimum Gasteiger partial charge on any atom is -0.492 e. The minimum absolute atomic E-state index is 0.00406. The molecule has 0 aliphatic carbocycles. The summed E-state index contributed by atoms with van der Waals surface area (Å²) in [4.78, 5) is 16.4. The van der Waals surface area contributed by atoms with Crippen LogP contribution in [-0.4, -0.2) is 24.4 Å². The van der Waals surface area contributed by atoms with Crippen LogP contribution >= 0.6 is 0 Å². The summed E-state index contributed by atoms with van der Waals surface area (Å²) in [7, 11) is 0. The Morgan fingerprint density at radius 3 is 2.89 bits per heavy atom. The highest BCUT2D eigenvalue weighted by Crippen LogP contribution is 2.35. The van der Waals surface area contributed by atoms with Gasteiger partial charge in [0.15, 0.2) is 0 Å². The maximum absolute atomic E-state index is 11.8. The van der Waals surface area contributed by atoms with Gasteiger partial charge >= 0.3 is 0 Å². The summed E-state index contributed by atoms with van der Waals surface area (Å²) in [5.41, 5.74) is 1.11. The lowest BCUT2D eigenvalue weighted by molar-refractivity contribution is -0.120. The Morgan fingerprint density at radius 1 is 1.39 bits per heavy atom. The summed E-state index contributed by atoms with van der Waals surface area (Å²) in [6, 6.07) is 7.66. The van der Waals surface area contributed by atoms with Crippen LogP contribution in [0.5, 0.6) is 5.75 Å². The van der Waals surface area contributed by atoms with E-state index in [1.54, 1.807) is 0 Å². The van der Waals surface area contributed by atoms with Gasteiger partial charge in [-0.3, -0.25) is 9.79 Å². The molecule has 0 saturated heterocycles.